The molecule has 0 fully saturated rings. The molecule has 0 spiro atoms. The Morgan fingerprint density at radius 1 is 1.05 bits per heavy atom. The maximum atomic E-state index is 6.43. The van der Waals surface area contributed by atoms with E-state index < -0.39 is 8.24 Å². The quantitative estimate of drug-likeness (QED) is 0.629. The third kappa shape index (κ3) is 2.35. The fourth-order valence-electron chi connectivity index (χ4n) is 4.42. The molecule has 21 heavy (non-hydrogen) atoms. The molecule has 4 heteroatoms. The number of halogens is 1. The first kappa shape index (κ1) is 16.6. The van der Waals surface area contributed by atoms with E-state index in [2.05, 4.69) is 63.9 Å². The van der Waals surface area contributed by atoms with Gasteiger partial charge in [0.25, 0.3) is 0 Å². The summed E-state index contributed by atoms with van der Waals surface area (Å²) in [5.74, 6) is 0. The second-order valence-electron chi connectivity index (χ2n) is 7.02. The van der Waals surface area contributed by atoms with Gasteiger partial charge in [0, 0.05) is 17.8 Å². The SMILES string of the molecule is Cc1cn([Si](C(C)C)(C(C)C)C(C)C)c2nccc(Cl)c12. The average molecular weight is 323 g/mol. The summed E-state index contributed by atoms with van der Waals surface area (Å²) in [7, 11) is -1.77. The molecule has 2 heterocycles. The maximum absolute atomic E-state index is 6.43. The van der Waals surface area contributed by atoms with Crippen LogP contribution < -0.4 is 0 Å². The molecule has 0 bridgehead atoms. The van der Waals surface area contributed by atoms with E-state index in [9.17, 15) is 0 Å². The Morgan fingerprint density at radius 2 is 1.57 bits per heavy atom. The van der Waals surface area contributed by atoms with Crippen molar-refractivity contribution in [2.24, 2.45) is 0 Å². The predicted molar refractivity (Wildman–Crippen MR) is 95.9 cm³/mol. The topological polar surface area (TPSA) is 17.8 Å². The fourth-order valence-corrected chi connectivity index (χ4v) is 11.3. The molecule has 0 N–H and O–H groups in total. The monoisotopic (exact) mass is 322 g/mol. The number of hydrogen-bond acceptors (Lipinski definition) is 1. The molecule has 0 aromatic carbocycles. The second-order valence-corrected chi connectivity index (χ2v) is 13.2. The maximum Gasteiger partial charge on any atom is 0.171 e. The zero-order valence-electron chi connectivity index (χ0n) is 14.2. The highest BCUT2D eigenvalue weighted by Crippen LogP contribution is 2.45. The molecule has 116 valence electrons. The lowest BCUT2D eigenvalue weighted by Crippen LogP contribution is -2.51. The molecular formula is C17H27ClN2Si. The molecule has 2 aromatic rings. The minimum absolute atomic E-state index is 0.647. The first-order chi connectivity index (χ1) is 9.74. The van der Waals surface area contributed by atoms with Gasteiger partial charge in [0.1, 0.15) is 5.65 Å². The lowest BCUT2D eigenvalue weighted by atomic mass is 10.2. The van der Waals surface area contributed by atoms with Crippen LogP contribution >= 0.6 is 11.6 Å². The molecule has 0 aliphatic heterocycles. The van der Waals surface area contributed by atoms with Gasteiger partial charge in [-0.15, -0.1) is 0 Å². The van der Waals surface area contributed by atoms with Gasteiger partial charge in [-0.1, -0.05) is 53.1 Å². The summed E-state index contributed by atoms with van der Waals surface area (Å²) >= 11 is 6.43. The molecular weight excluding hydrogens is 296 g/mol. The van der Waals surface area contributed by atoms with Crippen molar-refractivity contribution in [2.75, 3.05) is 0 Å². The summed E-state index contributed by atoms with van der Waals surface area (Å²) in [6.45, 7) is 16.4. The van der Waals surface area contributed by atoms with E-state index in [4.69, 9.17) is 11.6 Å². The Kier molecular flexibility index (Phi) is 4.55. The van der Waals surface area contributed by atoms with Crippen LogP contribution in [-0.2, 0) is 0 Å². The van der Waals surface area contributed by atoms with Crippen LogP contribution in [0.15, 0.2) is 18.5 Å². The minimum atomic E-state index is -1.77. The van der Waals surface area contributed by atoms with Crippen molar-refractivity contribution in [2.45, 2.75) is 65.1 Å². The first-order valence-corrected chi connectivity index (χ1v) is 10.4. The normalized spacial score (nSPS) is 13.1. The second kappa shape index (κ2) is 5.77. The number of nitrogens with zero attached hydrogens (tertiary/aromatic N) is 2. The number of pyridine rings is 1. The van der Waals surface area contributed by atoms with Crippen molar-refractivity contribution >= 4 is 30.9 Å². The van der Waals surface area contributed by atoms with Crippen molar-refractivity contribution in [1.82, 2.24) is 9.22 Å². The smallest absolute Gasteiger partial charge is 0.171 e. The van der Waals surface area contributed by atoms with Gasteiger partial charge < -0.3 is 4.23 Å². The third-order valence-corrected chi connectivity index (χ3v) is 12.1. The highest BCUT2D eigenvalue weighted by atomic mass is 35.5. The zero-order valence-corrected chi connectivity index (χ0v) is 16.0. The average Bonchev–Trinajstić information content (AvgIpc) is 2.68. The molecule has 0 saturated heterocycles. The van der Waals surface area contributed by atoms with E-state index in [-0.39, 0.29) is 0 Å². The lowest BCUT2D eigenvalue weighted by molar-refractivity contribution is 0.770. The number of aryl methyl sites for hydroxylation is 1. The molecule has 0 amide bonds. The molecule has 0 atom stereocenters. The van der Waals surface area contributed by atoms with Crippen LogP contribution in [0.1, 0.15) is 47.1 Å². The van der Waals surface area contributed by atoms with Gasteiger partial charge in [0.2, 0.25) is 0 Å². The van der Waals surface area contributed by atoms with Crippen molar-refractivity contribution in [3.8, 4) is 0 Å². The van der Waals surface area contributed by atoms with Gasteiger partial charge in [-0.3, -0.25) is 0 Å². The van der Waals surface area contributed by atoms with Crippen molar-refractivity contribution in [3.05, 3.63) is 29.0 Å². The van der Waals surface area contributed by atoms with E-state index in [1.807, 2.05) is 12.3 Å². The summed E-state index contributed by atoms with van der Waals surface area (Å²) in [5.41, 5.74) is 4.25. The van der Waals surface area contributed by atoms with Crippen LogP contribution in [0.2, 0.25) is 21.6 Å². The number of rotatable bonds is 4. The van der Waals surface area contributed by atoms with Gasteiger partial charge >= 0.3 is 0 Å². The van der Waals surface area contributed by atoms with Gasteiger partial charge in [0.05, 0.1) is 5.02 Å². The van der Waals surface area contributed by atoms with Crippen LogP contribution in [0.4, 0.5) is 0 Å². The molecule has 0 aliphatic carbocycles. The van der Waals surface area contributed by atoms with Crippen LogP contribution in [0, 0.1) is 6.92 Å². The Bertz CT molecular complexity index is 622. The Balaban J connectivity index is 2.87. The predicted octanol–water partition coefficient (Wildman–Crippen LogP) is 6.02. The van der Waals surface area contributed by atoms with Crippen molar-refractivity contribution in [3.63, 3.8) is 0 Å². The largest absolute Gasteiger partial charge is 0.358 e. The summed E-state index contributed by atoms with van der Waals surface area (Å²) < 4.78 is 2.53. The van der Waals surface area contributed by atoms with E-state index in [0.29, 0.717) is 16.6 Å². The molecule has 0 radical (unpaired) electrons. The summed E-state index contributed by atoms with van der Waals surface area (Å²) in [6, 6.07) is 1.89. The number of hydrogen-bond donors (Lipinski definition) is 0. The summed E-state index contributed by atoms with van der Waals surface area (Å²) in [5, 5.41) is 1.94. The number of aromatic nitrogens is 2. The summed E-state index contributed by atoms with van der Waals surface area (Å²) in [6.07, 6.45) is 4.14. The molecule has 2 nitrogen and oxygen atoms in total. The van der Waals surface area contributed by atoms with Crippen LogP contribution in [0.3, 0.4) is 0 Å². The zero-order chi connectivity index (χ0) is 15.9. The van der Waals surface area contributed by atoms with Gasteiger partial charge in [-0.05, 0) is 35.2 Å². The first-order valence-electron chi connectivity index (χ1n) is 7.87. The van der Waals surface area contributed by atoms with E-state index in [1.165, 1.54) is 5.56 Å². The van der Waals surface area contributed by atoms with Crippen molar-refractivity contribution < 1.29 is 0 Å². The van der Waals surface area contributed by atoms with Crippen LogP contribution in [-0.4, -0.2) is 17.5 Å². The van der Waals surface area contributed by atoms with Gasteiger partial charge in [-0.25, -0.2) is 4.98 Å². The Hall–Kier alpha value is -0.803. The lowest BCUT2D eigenvalue weighted by Gasteiger charge is -2.44. The van der Waals surface area contributed by atoms with E-state index in [0.717, 1.165) is 16.1 Å². The van der Waals surface area contributed by atoms with E-state index >= 15 is 0 Å². The van der Waals surface area contributed by atoms with Crippen LogP contribution in [0.5, 0.6) is 0 Å². The highest BCUT2D eigenvalue weighted by Gasteiger charge is 2.46. The fraction of sp³-hybridized carbons (Fsp3) is 0.588. The third-order valence-electron chi connectivity index (χ3n) is 5.02. The van der Waals surface area contributed by atoms with Gasteiger partial charge in [-0.2, -0.15) is 0 Å². The Morgan fingerprint density at radius 3 is 2.05 bits per heavy atom. The van der Waals surface area contributed by atoms with Crippen LogP contribution in [0.25, 0.3) is 11.0 Å². The van der Waals surface area contributed by atoms with Crippen molar-refractivity contribution in [1.29, 1.82) is 0 Å². The van der Waals surface area contributed by atoms with E-state index in [1.54, 1.807) is 0 Å². The summed E-state index contributed by atoms with van der Waals surface area (Å²) in [4.78, 5) is 4.69. The molecule has 0 aliphatic rings. The molecule has 2 aromatic heterocycles. The number of fused-ring (bicyclic) bond motifs is 1. The minimum Gasteiger partial charge on any atom is -0.358 e. The van der Waals surface area contributed by atoms with Gasteiger partial charge in [0.15, 0.2) is 8.24 Å². The standard InChI is InChI=1S/C17H27ClN2Si/c1-11(2)21(12(3)4,13(5)6)20-10-14(7)16-15(18)8-9-19-17(16)20/h8-13H,1-7H3. The molecule has 2 rings (SSSR count). The molecule has 0 unspecified atom stereocenters. The molecule has 0 saturated carbocycles. The highest BCUT2D eigenvalue weighted by molar-refractivity contribution is 6.82. The Labute approximate surface area is 134 Å².